The van der Waals surface area contributed by atoms with Gasteiger partial charge in [0.05, 0.1) is 7.11 Å². The Kier molecular flexibility index (Phi) is 4.66. The molecule has 7 nitrogen and oxygen atoms in total. The number of carbonyl (C=O) groups excluding carboxylic acids is 1. The Morgan fingerprint density at radius 3 is 2.42 bits per heavy atom. The van der Waals surface area contributed by atoms with Gasteiger partial charge in [-0.05, 0) is 6.92 Å². The number of hydrazine groups is 1. The number of nitrogens with zero attached hydrogens (tertiary/aromatic N) is 2. The summed E-state index contributed by atoms with van der Waals surface area (Å²) in [7, 11) is 1.34. The molecule has 0 fully saturated rings. The van der Waals surface area contributed by atoms with Crippen LogP contribution in [0.1, 0.15) is 33.5 Å². The van der Waals surface area contributed by atoms with E-state index in [0.29, 0.717) is 17.5 Å². The summed E-state index contributed by atoms with van der Waals surface area (Å²) in [6, 6.07) is 1.13. The minimum absolute atomic E-state index is 0.224. The number of nitrogens with two attached hydrogens (primary N) is 1. The molecular formula is C12H21N5O2. The fourth-order valence-electron chi connectivity index (χ4n) is 1.39. The van der Waals surface area contributed by atoms with Crippen LogP contribution in [-0.4, -0.2) is 29.1 Å². The third-order valence-corrected chi connectivity index (χ3v) is 2.46. The molecule has 0 aliphatic heterocycles. The first-order chi connectivity index (χ1) is 8.77. The number of carbonyl (C=O) groups is 1. The molecular weight excluding hydrogens is 246 g/mol. The van der Waals surface area contributed by atoms with Crippen LogP contribution >= 0.6 is 0 Å². The van der Waals surface area contributed by atoms with E-state index in [4.69, 9.17) is 5.84 Å². The van der Waals surface area contributed by atoms with Crippen molar-refractivity contribution in [2.24, 2.45) is 5.84 Å². The van der Waals surface area contributed by atoms with Gasteiger partial charge < -0.3 is 15.5 Å². The minimum Gasteiger partial charge on any atom is -0.467 e. The molecule has 0 aromatic carbocycles. The molecule has 1 atom stereocenters. The van der Waals surface area contributed by atoms with Crippen molar-refractivity contribution in [3.63, 3.8) is 0 Å². The number of nitrogen functional groups attached to an aromatic ring is 1. The molecule has 0 aliphatic rings. The highest BCUT2D eigenvalue weighted by Gasteiger charge is 2.20. The average Bonchev–Trinajstić information content (AvgIpc) is 2.36. The minimum atomic E-state index is -0.502. The van der Waals surface area contributed by atoms with Gasteiger partial charge in [-0.1, -0.05) is 20.8 Å². The van der Waals surface area contributed by atoms with Crippen LogP contribution in [0.4, 0.5) is 11.6 Å². The molecule has 1 unspecified atom stereocenters. The first-order valence-electron chi connectivity index (χ1n) is 5.98. The van der Waals surface area contributed by atoms with E-state index in [0.717, 1.165) is 0 Å². The van der Waals surface area contributed by atoms with Crippen LogP contribution in [0, 0.1) is 0 Å². The Morgan fingerprint density at radius 2 is 1.95 bits per heavy atom. The maximum absolute atomic E-state index is 11.4. The summed E-state index contributed by atoms with van der Waals surface area (Å²) in [5, 5.41) is 2.96. The molecule has 1 aromatic heterocycles. The van der Waals surface area contributed by atoms with E-state index in [1.54, 1.807) is 13.0 Å². The highest BCUT2D eigenvalue weighted by Crippen LogP contribution is 2.22. The third kappa shape index (κ3) is 4.06. The summed E-state index contributed by atoms with van der Waals surface area (Å²) in [6.07, 6.45) is 0. The fourth-order valence-corrected chi connectivity index (χ4v) is 1.39. The van der Waals surface area contributed by atoms with Crippen molar-refractivity contribution in [2.75, 3.05) is 17.9 Å². The molecule has 0 amide bonds. The second-order valence-corrected chi connectivity index (χ2v) is 5.25. The molecule has 1 heterocycles. The lowest BCUT2D eigenvalue weighted by molar-refractivity contribution is -0.141. The first kappa shape index (κ1) is 15.2. The number of esters is 1. The smallest absolute Gasteiger partial charge is 0.328 e. The molecule has 0 bridgehead atoms. The summed E-state index contributed by atoms with van der Waals surface area (Å²) < 4.78 is 4.65. The van der Waals surface area contributed by atoms with Crippen LogP contribution in [0.3, 0.4) is 0 Å². The predicted octanol–water partition coefficient (Wildman–Crippen LogP) is 1.03. The van der Waals surface area contributed by atoms with Crippen molar-refractivity contribution in [2.45, 2.75) is 39.2 Å². The second kappa shape index (κ2) is 5.83. The fraction of sp³-hybridized carbons (Fsp3) is 0.583. The van der Waals surface area contributed by atoms with Gasteiger partial charge in [-0.15, -0.1) is 0 Å². The lowest BCUT2D eigenvalue weighted by atomic mass is 9.96. The van der Waals surface area contributed by atoms with E-state index in [9.17, 15) is 4.79 Å². The predicted molar refractivity (Wildman–Crippen MR) is 73.6 cm³/mol. The normalized spacial score (nSPS) is 12.7. The monoisotopic (exact) mass is 267 g/mol. The number of nitrogens with one attached hydrogen (secondary N) is 2. The van der Waals surface area contributed by atoms with E-state index in [1.165, 1.54) is 7.11 Å². The lowest BCUT2D eigenvalue weighted by Gasteiger charge is -2.20. The van der Waals surface area contributed by atoms with Gasteiger partial charge in [0.25, 0.3) is 0 Å². The van der Waals surface area contributed by atoms with E-state index in [-0.39, 0.29) is 11.4 Å². The Morgan fingerprint density at radius 1 is 1.37 bits per heavy atom. The lowest BCUT2D eigenvalue weighted by Crippen LogP contribution is -2.28. The SMILES string of the molecule is COC(=O)C(C)Nc1cc(NN)nc(C(C)(C)C)n1. The summed E-state index contributed by atoms with van der Waals surface area (Å²) in [5.41, 5.74) is 2.26. The molecule has 0 saturated heterocycles. The molecule has 0 radical (unpaired) electrons. The summed E-state index contributed by atoms with van der Waals surface area (Å²) in [5.74, 6) is 6.66. The van der Waals surface area contributed by atoms with Crippen molar-refractivity contribution < 1.29 is 9.53 Å². The van der Waals surface area contributed by atoms with Crippen LogP contribution in [0.15, 0.2) is 6.07 Å². The summed E-state index contributed by atoms with van der Waals surface area (Å²) >= 11 is 0. The van der Waals surface area contributed by atoms with Crippen molar-refractivity contribution in [1.29, 1.82) is 0 Å². The quantitative estimate of drug-likeness (QED) is 0.425. The molecule has 0 saturated carbocycles. The Hall–Kier alpha value is -1.89. The van der Waals surface area contributed by atoms with Crippen LogP contribution in [-0.2, 0) is 14.9 Å². The van der Waals surface area contributed by atoms with Crippen LogP contribution < -0.4 is 16.6 Å². The third-order valence-electron chi connectivity index (χ3n) is 2.46. The van der Waals surface area contributed by atoms with E-state index < -0.39 is 6.04 Å². The maximum atomic E-state index is 11.4. The molecule has 1 rings (SSSR count). The molecule has 4 N–H and O–H groups in total. The van der Waals surface area contributed by atoms with Crippen molar-refractivity contribution >= 4 is 17.6 Å². The van der Waals surface area contributed by atoms with Crippen molar-refractivity contribution in [1.82, 2.24) is 9.97 Å². The zero-order valence-electron chi connectivity index (χ0n) is 11.9. The molecule has 7 heteroatoms. The molecule has 1 aromatic rings. The number of hydrogen-bond acceptors (Lipinski definition) is 7. The van der Waals surface area contributed by atoms with Gasteiger partial charge in [-0.2, -0.15) is 0 Å². The van der Waals surface area contributed by atoms with Crippen LogP contribution in [0.25, 0.3) is 0 Å². The Labute approximate surface area is 112 Å². The molecule has 0 spiro atoms. The largest absolute Gasteiger partial charge is 0.467 e. The number of methoxy groups -OCH3 is 1. The summed E-state index contributed by atoms with van der Waals surface area (Å²) in [4.78, 5) is 20.1. The van der Waals surface area contributed by atoms with Crippen LogP contribution in [0.5, 0.6) is 0 Å². The van der Waals surface area contributed by atoms with E-state index in [1.807, 2.05) is 20.8 Å². The van der Waals surface area contributed by atoms with Gasteiger partial charge in [0.15, 0.2) is 0 Å². The van der Waals surface area contributed by atoms with Gasteiger partial charge in [0.1, 0.15) is 23.5 Å². The maximum Gasteiger partial charge on any atom is 0.328 e. The standard InChI is InChI=1S/C12H21N5O2/c1-7(10(18)19-5)14-8-6-9(17-13)16-11(15-8)12(2,3)4/h6-7H,13H2,1-5H3,(H2,14,15,16,17). The zero-order valence-corrected chi connectivity index (χ0v) is 11.9. The number of anilines is 2. The second-order valence-electron chi connectivity index (χ2n) is 5.25. The van der Waals surface area contributed by atoms with Crippen molar-refractivity contribution in [3.05, 3.63) is 11.9 Å². The zero-order chi connectivity index (χ0) is 14.6. The highest BCUT2D eigenvalue weighted by atomic mass is 16.5. The van der Waals surface area contributed by atoms with Gasteiger partial charge >= 0.3 is 5.97 Å². The topological polar surface area (TPSA) is 102 Å². The van der Waals surface area contributed by atoms with Gasteiger partial charge in [-0.25, -0.2) is 20.6 Å². The van der Waals surface area contributed by atoms with Crippen molar-refractivity contribution in [3.8, 4) is 0 Å². The van der Waals surface area contributed by atoms with Crippen LogP contribution in [0.2, 0.25) is 0 Å². The Balaban J connectivity index is 3.04. The number of rotatable bonds is 4. The van der Waals surface area contributed by atoms with Gasteiger partial charge in [0.2, 0.25) is 0 Å². The van der Waals surface area contributed by atoms with E-state index in [2.05, 4.69) is 25.4 Å². The van der Waals surface area contributed by atoms with E-state index >= 15 is 0 Å². The van der Waals surface area contributed by atoms with Gasteiger partial charge in [0, 0.05) is 11.5 Å². The highest BCUT2D eigenvalue weighted by molar-refractivity contribution is 5.78. The average molecular weight is 267 g/mol. The number of ether oxygens (including phenoxy) is 1. The Bertz CT molecular complexity index is 456. The molecule has 0 aliphatic carbocycles. The van der Waals surface area contributed by atoms with Gasteiger partial charge in [-0.3, -0.25) is 0 Å². The first-order valence-corrected chi connectivity index (χ1v) is 5.98. The molecule has 19 heavy (non-hydrogen) atoms. The summed E-state index contributed by atoms with van der Waals surface area (Å²) in [6.45, 7) is 7.68. The number of hydrogen-bond donors (Lipinski definition) is 3. The molecule has 106 valence electrons. The number of aromatic nitrogens is 2.